The van der Waals surface area contributed by atoms with Gasteiger partial charge in [-0.2, -0.15) is 18.3 Å². The van der Waals surface area contributed by atoms with Crippen molar-refractivity contribution in [2.45, 2.75) is 56.6 Å². The van der Waals surface area contributed by atoms with Crippen LogP contribution in [-0.2, 0) is 23.8 Å². The third-order valence-corrected chi connectivity index (χ3v) is 5.88. The summed E-state index contributed by atoms with van der Waals surface area (Å²) in [5.41, 5.74) is 2.03. The molecule has 2 heterocycles. The smallest absolute Gasteiger partial charge is 0.416 e. The van der Waals surface area contributed by atoms with E-state index in [1.165, 1.54) is 12.1 Å². The quantitative estimate of drug-likeness (QED) is 0.363. The number of benzene rings is 2. The zero-order chi connectivity index (χ0) is 24.6. The maximum absolute atomic E-state index is 12.8. The molecule has 4 rings (SSSR count). The molecule has 0 spiro atoms. The lowest BCUT2D eigenvalue weighted by atomic mass is 9.99. The summed E-state index contributed by atoms with van der Waals surface area (Å²) in [5.74, 6) is 0.301. The minimum Gasteiger partial charge on any atom is -0.461 e. The SMILES string of the molecule is Cc1cc(OC2OC(CO)C(O)C(O)C2O)c2c(CCc3ccc(C(F)(F)F)cc3)[nH]nc2c1. The Kier molecular flexibility index (Phi) is 6.83. The Morgan fingerprint density at radius 2 is 1.74 bits per heavy atom. The van der Waals surface area contributed by atoms with E-state index >= 15 is 0 Å². The Labute approximate surface area is 192 Å². The zero-order valence-corrected chi connectivity index (χ0v) is 18.2. The molecule has 0 radical (unpaired) electrons. The molecule has 2 aromatic carbocycles. The van der Waals surface area contributed by atoms with Gasteiger partial charge >= 0.3 is 6.18 Å². The Balaban J connectivity index is 1.57. The number of ether oxygens (including phenoxy) is 2. The summed E-state index contributed by atoms with van der Waals surface area (Å²) in [6, 6.07) is 8.44. The van der Waals surface area contributed by atoms with E-state index in [9.17, 15) is 33.6 Å². The van der Waals surface area contributed by atoms with E-state index in [-0.39, 0.29) is 0 Å². The van der Waals surface area contributed by atoms with Crippen molar-refractivity contribution < 1.29 is 43.1 Å². The van der Waals surface area contributed by atoms with Crippen molar-refractivity contribution in [3.8, 4) is 5.75 Å². The van der Waals surface area contributed by atoms with Crippen LogP contribution in [0.4, 0.5) is 13.2 Å². The third kappa shape index (κ3) is 4.89. The molecule has 11 heteroatoms. The number of aromatic amines is 1. The minimum absolute atomic E-state index is 0.301. The number of aliphatic hydroxyl groups excluding tert-OH is 4. The number of hydrogen-bond donors (Lipinski definition) is 5. The normalized spacial score (nSPS) is 25.6. The van der Waals surface area contributed by atoms with E-state index in [1.807, 2.05) is 13.0 Å². The number of hydrogen-bond acceptors (Lipinski definition) is 7. The van der Waals surface area contributed by atoms with Crippen molar-refractivity contribution in [3.63, 3.8) is 0 Å². The number of H-pyrrole nitrogens is 1. The summed E-state index contributed by atoms with van der Waals surface area (Å²) < 4.78 is 49.7. The monoisotopic (exact) mass is 482 g/mol. The molecule has 5 N–H and O–H groups in total. The van der Waals surface area contributed by atoms with E-state index in [2.05, 4.69) is 10.2 Å². The molecule has 0 amide bonds. The fourth-order valence-corrected chi connectivity index (χ4v) is 4.00. The van der Waals surface area contributed by atoms with Gasteiger partial charge in [0.15, 0.2) is 0 Å². The lowest BCUT2D eigenvalue weighted by molar-refractivity contribution is -0.277. The summed E-state index contributed by atoms with van der Waals surface area (Å²) in [7, 11) is 0. The van der Waals surface area contributed by atoms with Crippen LogP contribution >= 0.6 is 0 Å². The topological polar surface area (TPSA) is 128 Å². The van der Waals surface area contributed by atoms with Crippen LogP contribution in [0.15, 0.2) is 36.4 Å². The van der Waals surface area contributed by atoms with Crippen LogP contribution in [0.25, 0.3) is 10.9 Å². The fourth-order valence-electron chi connectivity index (χ4n) is 4.00. The Morgan fingerprint density at radius 3 is 2.38 bits per heavy atom. The molecule has 5 atom stereocenters. The minimum atomic E-state index is -4.40. The highest BCUT2D eigenvalue weighted by Gasteiger charge is 2.45. The molecular weight excluding hydrogens is 457 g/mol. The molecule has 3 aromatic rings. The van der Waals surface area contributed by atoms with Crippen molar-refractivity contribution in [2.24, 2.45) is 0 Å². The van der Waals surface area contributed by atoms with Crippen LogP contribution in [0.3, 0.4) is 0 Å². The molecule has 8 nitrogen and oxygen atoms in total. The van der Waals surface area contributed by atoms with Gasteiger partial charge < -0.3 is 29.9 Å². The van der Waals surface area contributed by atoms with Gasteiger partial charge in [0.1, 0.15) is 30.2 Å². The summed E-state index contributed by atoms with van der Waals surface area (Å²) in [6.45, 7) is 1.23. The van der Waals surface area contributed by atoms with Crippen LogP contribution in [0.2, 0.25) is 0 Å². The van der Waals surface area contributed by atoms with Gasteiger partial charge in [-0.1, -0.05) is 12.1 Å². The number of halogens is 3. The molecule has 5 unspecified atom stereocenters. The van der Waals surface area contributed by atoms with Gasteiger partial charge in [-0.3, -0.25) is 5.10 Å². The number of aliphatic hydroxyl groups is 4. The second kappa shape index (κ2) is 9.51. The molecule has 0 bridgehead atoms. The predicted octanol–water partition coefficient (Wildman–Crippen LogP) is 1.85. The van der Waals surface area contributed by atoms with Crippen molar-refractivity contribution in [2.75, 3.05) is 6.61 Å². The molecule has 1 aromatic heterocycles. The van der Waals surface area contributed by atoms with E-state index in [0.29, 0.717) is 40.8 Å². The van der Waals surface area contributed by atoms with E-state index in [1.54, 1.807) is 6.07 Å². The lowest BCUT2D eigenvalue weighted by Crippen LogP contribution is -2.60. The molecule has 0 saturated carbocycles. The number of nitrogens with one attached hydrogen (secondary N) is 1. The number of fused-ring (bicyclic) bond motifs is 1. The van der Waals surface area contributed by atoms with E-state index in [4.69, 9.17) is 9.47 Å². The number of aromatic nitrogens is 2. The van der Waals surface area contributed by atoms with Crippen LogP contribution in [0.5, 0.6) is 5.75 Å². The van der Waals surface area contributed by atoms with Crippen LogP contribution in [0, 0.1) is 6.92 Å². The number of aryl methyl sites for hydroxylation is 3. The first-order valence-electron chi connectivity index (χ1n) is 10.7. The number of nitrogens with zero attached hydrogens (tertiary/aromatic N) is 1. The average Bonchev–Trinajstić information content (AvgIpc) is 3.20. The van der Waals surface area contributed by atoms with Crippen LogP contribution in [0.1, 0.15) is 22.4 Å². The second-order valence-electron chi connectivity index (χ2n) is 8.37. The van der Waals surface area contributed by atoms with Gasteiger partial charge in [0.2, 0.25) is 6.29 Å². The predicted molar refractivity (Wildman–Crippen MR) is 114 cm³/mol. The molecule has 1 aliphatic rings. The Morgan fingerprint density at radius 1 is 1.03 bits per heavy atom. The largest absolute Gasteiger partial charge is 0.461 e. The average molecular weight is 482 g/mol. The first kappa shape index (κ1) is 24.4. The van der Waals surface area contributed by atoms with Gasteiger partial charge in [-0.05, 0) is 55.2 Å². The first-order chi connectivity index (χ1) is 16.1. The van der Waals surface area contributed by atoms with Crippen molar-refractivity contribution >= 4 is 10.9 Å². The second-order valence-corrected chi connectivity index (χ2v) is 8.37. The molecule has 34 heavy (non-hydrogen) atoms. The summed E-state index contributed by atoms with van der Waals surface area (Å²) in [4.78, 5) is 0. The highest BCUT2D eigenvalue weighted by atomic mass is 19.4. The number of alkyl halides is 3. The Bertz CT molecular complexity index is 1130. The maximum atomic E-state index is 12.8. The highest BCUT2D eigenvalue weighted by molar-refractivity contribution is 5.88. The maximum Gasteiger partial charge on any atom is 0.416 e. The molecule has 0 aliphatic carbocycles. The molecule has 1 fully saturated rings. The fraction of sp³-hybridized carbons (Fsp3) is 0.435. The lowest BCUT2D eigenvalue weighted by Gasteiger charge is -2.39. The van der Waals surface area contributed by atoms with Gasteiger partial charge in [0.05, 0.1) is 23.1 Å². The van der Waals surface area contributed by atoms with Crippen molar-refractivity contribution in [1.82, 2.24) is 10.2 Å². The summed E-state index contributed by atoms with van der Waals surface area (Å²) in [5, 5.41) is 47.6. The van der Waals surface area contributed by atoms with Crippen molar-refractivity contribution in [3.05, 3.63) is 58.8 Å². The molecular formula is C23H25F3N2O6. The standard InChI is InChI=1S/C23H25F3N2O6/c1-11-8-15-18(16(9-11)33-22-21(32)20(31)19(30)17(10-29)34-22)14(27-28-15)7-4-12-2-5-13(6-3-12)23(24,25)26/h2-3,5-6,8-9,17,19-22,29-32H,4,7,10H2,1H3,(H,27,28). The Hall–Kier alpha value is -2.70. The van der Waals surface area contributed by atoms with Gasteiger partial charge in [0.25, 0.3) is 0 Å². The molecule has 184 valence electrons. The van der Waals surface area contributed by atoms with Gasteiger partial charge in [-0.15, -0.1) is 0 Å². The summed E-state index contributed by atoms with van der Waals surface area (Å²) in [6.07, 6.45) is -10.7. The van der Waals surface area contributed by atoms with Gasteiger partial charge in [0, 0.05) is 5.69 Å². The van der Waals surface area contributed by atoms with Crippen LogP contribution < -0.4 is 4.74 Å². The zero-order valence-electron chi connectivity index (χ0n) is 18.2. The molecule has 1 aliphatic heterocycles. The molecule has 1 saturated heterocycles. The van der Waals surface area contributed by atoms with Crippen molar-refractivity contribution in [1.29, 1.82) is 0 Å². The van der Waals surface area contributed by atoms with E-state index in [0.717, 1.165) is 17.7 Å². The first-order valence-corrected chi connectivity index (χ1v) is 10.7. The van der Waals surface area contributed by atoms with E-state index < -0.39 is 49.1 Å². The third-order valence-electron chi connectivity index (χ3n) is 5.88. The van der Waals surface area contributed by atoms with Crippen LogP contribution in [-0.4, -0.2) is 67.9 Å². The number of rotatable bonds is 6. The van der Waals surface area contributed by atoms with Gasteiger partial charge in [-0.25, -0.2) is 0 Å². The summed E-state index contributed by atoms with van der Waals surface area (Å²) >= 11 is 0. The highest BCUT2D eigenvalue weighted by Crippen LogP contribution is 2.33.